The first-order chi connectivity index (χ1) is 17.4. The van der Waals surface area contributed by atoms with Gasteiger partial charge in [0.15, 0.2) is 23.2 Å². The molecule has 0 bridgehead atoms. The van der Waals surface area contributed by atoms with Crippen LogP contribution in [-0.4, -0.2) is 54.9 Å². The van der Waals surface area contributed by atoms with E-state index in [1.807, 2.05) is 19.1 Å². The third-order valence-electron chi connectivity index (χ3n) is 6.58. The van der Waals surface area contributed by atoms with Gasteiger partial charge in [0, 0.05) is 26.7 Å². The molecule has 1 aliphatic rings. The number of rotatable bonds is 17. The van der Waals surface area contributed by atoms with Crippen LogP contribution in [0.3, 0.4) is 0 Å². The van der Waals surface area contributed by atoms with Crippen LogP contribution in [0.4, 0.5) is 0 Å². The number of carbonyl (C=O) groups excluding carboxylic acids is 1. The molecule has 1 fully saturated rings. The molecule has 1 aliphatic carbocycles. The lowest BCUT2D eigenvalue weighted by molar-refractivity contribution is -0.114. The highest BCUT2D eigenvalue weighted by molar-refractivity contribution is 5.90. The van der Waals surface area contributed by atoms with E-state index < -0.39 is 0 Å². The molecule has 8 nitrogen and oxygen atoms in total. The lowest BCUT2D eigenvalue weighted by Crippen LogP contribution is -2.23. The SMILES string of the molecule is CCCC(=CC(=O)CCc1cc(C[C@H](CCCN=C(N)N)COC)c(O)c(OC2CCCC2)c1)CO. The lowest BCUT2D eigenvalue weighted by atomic mass is 9.92. The number of nitrogens with two attached hydrogens (primary N) is 2. The maximum Gasteiger partial charge on any atom is 0.185 e. The van der Waals surface area contributed by atoms with Crippen LogP contribution in [-0.2, 0) is 22.4 Å². The molecule has 0 saturated heterocycles. The van der Waals surface area contributed by atoms with Crippen LogP contribution in [0, 0.1) is 5.92 Å². The Bertz CT molecular complexity index is 874. The number of ketones is 1. The van der Waals surface area contributed by atoms with Crippen molar-refractivity contribution in [3.8, 4) is 11.5 Å². The summed E-state index contributed by atoms with van der Waals surface area (Å²) in [4.78, 5) is 16.6. The van der Waals surface area contributed by atoms with Crippen LogP contribution in [0.1, 0.15) is 75.8 Å². The third kappa shape index (κ3) is 10.6. The molecule has 1 atom stereocenters. The Morgan fingerprint density at radius 1 is 1.25 bits per heavy atom. The molecule has 0 aliphatic heterocycles. The van der Waals surface area contributed by atoms with Crippen LogP contribution < -0.4 is 16.2 Å². The normalized spacial score (nSPS) is 15.1. The molecular weight excluding hydrogens is 458 g/mol. The lowest BCUT2D eigenvalue weighted by Gasteiger charge is -2.21. The van der Waals surface area contributed by atoms with Crippen LogP contribution >= 0.6 is 0 Å². The predicted molar refractivity (Wildman–Crippen MR) is 143 cm³/mol. The summed E-state index contributed by atoms with van der Waals surface area (Å²) >= 11 is 0. The Balaban J connectivity index is 2.20. The van der Waals surface area contributed by atoms with Crippen LogP contribution in [0.15, 0.2) is 28.8 Å². The number of ether oxygens (including phenoxy) is 2. The Morgan fingerprint density at radius 2 is 2.00 bits per heavy atom. The minimum Gasteiger partial charge on any atom is -0.504 e. The first-order valence-electron chi connectivity index (χ1n) is 13.2. The zero-order valence-corrected chi connectivity index (χ0v) is 22.0. The monoisotopic (exact) mass is 503 g/mol. The predicted octanol–water partition coefficient (Wildman–Crippen LogP) is 3.79. The summed E-state index contributed by atoms with van der Waals surface area (Å²) in [5.74, 6) is 0.930. The van der Waals surface area contributed by atoms with Gasteiger partial charge < -0.3 is 31.2 Å². The average molecular weight is 504 g/mol. The number of aliphatic hydroxyl groups excluding tert-OH is 1. The van der Waals surface area contributed by atoms with E-state index in [9.17, 15) is 15.0 Å². The van der Waals surface area contributed by atoms with Gasteiger partial charge in [-0.15, -0.1) is 0 Å². The van der Waals surface area contributed by atoms with Gasteiger partial charge in [0.25, 0.3) is 0 Å². The molecule has 0 spiro atoms. The topological polar surface area (TPSA) is 140 Å². The molecule has 8 heteroatoms. The molecule has 36 heavy (non-hydrogen) atoms. The first kappa shape index (κ1) is 29.6. The van der Waals surface area contributed by atoms with E-state index in [4.69, 9.17) is 20.9 Å². The number of phenols is 1. The van der Waals surface area contributed by atoms with Crippen molar-refractivity contribution in [1.82, 2.24) is 0 Å². The number of hydrogen-bond donors (Lipinski definition) is 4. The quantitative estimate of drug-likeness (QED) is 0.110. The fourth-order valence-electron chi connectivity index (χ4n) is 4.77. The molecule has 0 unspecified atom stereocenters. The molecule has 0 amide bonds. The number of aliphatic hydroxyl groups is 1. The highest BCUT2D eigenvalue weighted by Gasteiger charge is 2.21. The second-order valence-electron chi connectivity index (χ2n) is 9.78. The number of nitrogens with zero attached hydrogens (tertiary/aromatic N) is 1. The van der Waals surface area contributed by atoms with E-state index in [0.717, 1.165) is 68.1 Å². The van der Waals surface area contributed by atoms with Crippen molar-refractivity contribution in [2.45, 2.75) is 83.7 Å². The van der Waals surface area contributed by atoms with Crippen LogP contribution in [0.25, 0.3) is 0 Å². The van der Waals surface area contributed by atoms with E-state index in [-0.39, 0.29) is 36.1 Å². The number of allylic oxidation sites excluding steroid dienone is 1. The smallest absolute Gasteiger partial charge is 0.185 e. The molecule has 0 heterocycles. The van der Waals surface area contributed by atoms with E-state index >= 15 is 0 Å². The van der Waals surface area contributed by atoms with Crippen molar-refractivity contribution in [3.05, 3.63) is 34.9 Å². The van der Waals surface area contributed by atoms with E-state index in [2.05, 4.69) is 4.99 Å². The van der Waals surface area contributed by atoms with Crippen molar-refractivity contribution >= 4 is 11.7 Å². The summed E-state index contributed by atoms with van der Waals surface area (Å²) in [5.41, 5.74) is 13.4. The number of carbonyl (C=O) groups is 1. The molecule has 1 aromatic carbocycles. The number of aliphatic imine (C=N–C) groups is 1. The average Bonchev–Trinajstić information content (AvgIpc) is 3.36. The highest BCUT2D eigenvalue weighted by atomic mass is 16.5. The van der Waals surface area contributed by atoms with Gasteiger partial charge in [-0.3, -0.25) is 9.79 Å². The summed E-state index contributed by atoms with van der Waals surface area (Å²) in [6.45, 7) is 3.03. The minimum atomic E-state index is -0.0909. The Kier molecular flexibility index (Phi) is 13.4. The largest absolute Gasteiger partial charge is 0.504 e. The maximum atomic E-state index is 12.5. The Hall–Kier alpha value is -2.58. The van der Waals surface area contributed by atoms with E-state index in [1.165, 1.54) is 0 Å². The van der Waals surface area contributed by atoms with E-state index in [0.29, 0.717) is 38.2 Å². The molecule has 6 N–H and O–H groups in total. The zero-order valence-electron chi connectivity index (χ0n) is 22.0. The number of guanidine groups is 1. The summed E-state index contributed by atoms with van der Waals surface area (Å²) < 4.78 is 11.7. The standard InChI is InChI=1S/C28H45N3O5/c1-3-7-21(18-32)16-24(33)12-11-20-14-23(15-22(19-35-2)8-6-13-31-28(29)30)27(34)26(17-20)36-25-9-4-5-10-25/h14,16-17,22,25,32,34H,3-13,15,18-19H2,1-2H3,(H4,29,30,31)/t22-/m0/s1. The molecule has 0 radical (unpaired) electrons. The number of aromatic hydroxyl groups is 1. The maximum absolute atomic E-state index is 12.5. The number of hydrogen-bond acceptors (Lipinski definition) is 6. The van der Waals surface area contributed by atoms with Gasteiger partial charge in [0.05, 0.1) is 12.7 Å². The fraction of sp³-hybridized carbons (Fsp3) is 0.643. The molecule has 1 aromatic rings. The minimum absolute atomic E-state index is 0.00243. The summed E-state index contributed by atoms with van der Waals surface area (Å²) in [5, 5.41) is 20.6. The number of aryl methyl sites for hydroxylation is 1. The van der Waals surface area contributed by atoms with Gasteiger partial charge in [0.2, 0.25) is 0 Å². The van der Waals surface area contributed by atoms with Crippen molar-refractivity contribution in [1.29, 1.82) is 0 Å². The molecule has 1 saturated carbocycles. The number of benzene rings is 1. The van der Waals surface area contributed by atoms with Gasteiger partial charge >= 0.3 is 0 Å². The summed E-state index contributed by atoms with van der Waals surface area (Å²) in [6.07, 6.45) is 10.7. The fourth-order valence-corrected chi connectivity index (χ4v) is 4.77. The second-order valence-corrected chi connectivity index (χ2v) is 9.78. The zero-order chi connectivity index (χ0) is 26.3. The molecule has 202 valence electrons. The van der Waals surface area contributed by atoms with Crippen molar-refractivity contribution in [3.63, 3.8) is 0 Å². The second kappa shape index (κ2) is 16.2. The Morgan fingerprint density at radius 3 is 2.64 bits per heavy atom. The molecular formula is C28H45N3O5. The van der Waals surface area contributed by atoms with Crippen molar-refractivity contribution < 1.29 is 24.5 Å². The van der Waals surface area contributed by atoms with Gasteiger partial charge in [-0.2, -0.15) is 0 Å². The Labute approximate surface area is 215 Å². The third-order valence-corrected chi connectivity index (χ3v) is 6.58. The summed E-state index contributed by atoms with van der Waals surface area (Å²) in [7, 11) is 1.67. The van der Waals surface area contributed by atoms with Gasteiger partial charge in [-0.05, 0) is 92.5 Å². The first-order valence-corrected chi connectivity index (χ1v) is 13.2. The van der Waals surface area contributed by atoms with Crippen LogP contribution in [0.5, 0.6) is 11.5 Å². The molecule has 0 aromatic heterocycles. The van der Waals surface area contributed by atoms with Crippen LogP contribution in [0.2, 0.25) is 0 Å². The molecule has 2 rings (SSSR count). The van der Waals surface area contributed by atoms with Crippen molar-refractivity contribution in [2.24, 2.45) is 22.4 Å². The van der Waals surface area contributed by atoms with E-state index in [1.54, 1.807) is 13.2 Å². The summed E-state index contributed by atoms with van der Waals surface area (Å²) in [6, 6.07) is 3.85. The van der Waals surface area contributed by atoms with Gasteiger partial charge in [0.1, 0.15) is 0 Å². The highest BCUT2D eigenvalue weighted by Crippen LogP contribution is 2.37. The van der Waals surface area contributed by atoms with Gasteiger partial charge in [-0.25, -0.2) is 0 Å². The van der Waals surface area contributed by atoms with Crippen molar-refractivity contribution in [2.75, 3.05) is 26.9 Å². The van der Waals surface area contributed by atoms with Gasteiger partial charge in [-0.1, -0.05) is 19.4 Å². The number of methoxy groups -OCH3 is 1. The number of phenolic OH excluding ortho intramolecular Hbond substituents is 1.